The molecule has 32 heavy (non-hydrogen) atoms. The number of rotatable bonds is 8. The predicted octanol–water partition coefficient (Wildman–Crippen LogP) is 3.94. The van der Waals surface area contributed by atoms with Crippen molar-refractivity contribution >= 4 is 17.5 Å². The highest BCUT2D eigenvalue weighted by atomic mass is 19.1. The molecule has 0 bridgehead atoms. The van der Waals surface area contributed by atoms with Gasteiger partial charge in [-0.25, -0.2) is 9.40 Å². The Labute approximate surface area is 188 Å². The van der Waals surface area contributed by atoms with Crippen molar-refractivity contribution in [3.05, 3.63) is 71.0 Å². The number of nitrogens with zero attached hydrogens (tertiary/aromatic N) is 3. The van der Waals surface area contributed by atoms with Crippen molar-refractivity contribution in [2.45, 2.75) is 33.2 Å². The minimum Gasteiger partial charge on any atom is -0.383 e. The number of hydrogen-bond donors (Lipinski definition) is 0. The molecule has 0 aromatic heterocycles. The van der Waals surface area contributed by atoms with Gasteiger partial charge in [-0.15, -0.1) is 0 Å². The van der Waals surface area contributed by atoms with Crippen molar-refractivity contribution in [1.29, 1.82) is 0 Å². The Balaban J connectivity index is 1.89. The van der Waals surface area contributed by atoms with E-state index in [0.29, 0.717) is 25.3 Å². The third-order valence-electron chi connectivity index (χ3n) is 5.50. The van der Waals surface area contributed by atoms with E-state index in [1.807, 2.05) is 45.0 Å². The molecule has 2 aromatic carbocycles. The fourth-order valence-electron chi connectivity index (χ4n) is 3.67. The molecule has 0 saturated carbocycles. The highest BCUT2D eigenvalue weighted by molar-refractivity contribution is 6.03. The Morgan fingerprint density at radius 2 is 1.81 bits per heavy atom. The lowest BCUT2D eigenvalue weighted by atomic mass is 9.97. The van der Waals surface area contributed by atoms with Crippen molar-refractivity contribution in [1.82, 2.24) is 9.91 Å². The highest BCUT2D eigenvalue weighted by Gasteiger charge is 2.34. The van der Waals surface area contributed by atoms with Gasteiger partial charge in [-0.1, -0.05) is 55.8 Å². The van der Waals surface area contributed by atoms with Crippen LogP contribution in [0.5, 0.6) is 0 Å². The molecular formula is C25H30FN3O3. The molecule has 0 N–H and O–H groups in total. The van der Waals surface area contributed by atoms with Gasteiger partial charge in [-0.2, -0.15) is 5.10 Å². The number of ether oxygens (including phenoxy) is 1. The zero-order valence-electron chi connectivity index (χ0n) is 19.0. The largest absolute Gasteiger partial charge is 0.383 e. The maximum absolute atomic E-state index is 13.4. The molecule has 0 saturated heterocycles. The van der Waals surface area contributed by atoms with E-state index >= 15 is 0 Å². The van der Waals surface area contributed by atoms with Gasteiger partial charge in [0.15, 0.2) is 0 Å². The molecule has 2 aromatic rings. The second-order valence-corrected chi connectivity index (χ2v) is 8.33. The van der Waals surface area contributed by atoms with Crippen LogP contribution in [0, 0.1) is 18.7 Å². The molecule has 1 aliphatic heterocycles. The summed E-state index contributed by atoms with van der Waals surface area (Å²) in [5.74, 6) is -0.928. The van der Waals surface area contributed by atoms with Crippen LogP contribution in [0.25, 0.3) is 0 Å². The Morgan fingerprint density at radius 1 is 1.16 bits per heavy atom. The molecule has 1 atom stereocenters. The van der Waals surface area contributed by atoms with Gasteiger partial charge in [0.05, 0.1) is 18.4 Å². The van der Waals surface area contributed by atoms with Crippen molar-refractivity contribution in [2.24, 2.45) is 11.0 Å². The molecule has 0 fully saturated rings. The number of benzene rings is 2. The van der Waals surface area contributed by atoms with E-state index in [-0.39, 0.29) is 36.1 Å². The average Bonchev–Trinajstić information content (AvgIpc) is 3.22. The van der Waals surface area contributed by atoms with Gasteiger partial charge in [-0.3, -0.25) is 9.59 Å². The zero-order chi connectivity index (χ0) is 23.3. The summed E-state index contributed by atoms with van der Waals surface area (Å²) in [4.78, 5) is 27.5. The summed E-state index contributed by atoms with van der Waals surface area (Å²) in [7, 11) is 1.56. The van der Waals surface area contributed by atoms with Gasteiger partial charge < -0.3 is 9.64 Å². The molecule has 0 aliphatic carbocycles. The van der Waals surface area contributed by atoms with Gasteiger partial charge in [0.2, 0.25) is 5.91 Å². The van der Waals surface area contributed by atoms with Crippen LogP contribution in [0.3, 0.4) is 0 Å². The third-order valence-corrected chi connectivity index (χ3v) is 5.50. The average molecular weight is 440 g/mol. The van der Waals surface area contributed by atoms with Crippen molar-refractivity contribution < 1.29 is 18.7 Å². The molecular weight excluding hydrogens is 409 g/mol. The van der Waals surface area contributed by atoms with Gasteiger partial charge >= 0.3 is 0 Å². The van der Waals surface area contributed by atoms with Crippen LogP contribution in [-0.2, 0) is 14.3 Å². The first-order valence-electron chi connectivity index (χ1n) is 10.8. The van der Waals surface area contributed by atoms with Crippen LogP contribution in [0.2, 0.25) is 0 Å². The Bertz CT molecular complexity index is 971. The summed E-state index contributed by atoms with van der Waals surface area (Å²) in [5, 5.41) is 6.08. The van der Waals surface area contributed by atoms with E-state index in [1.54, 1.807) is 19.2 Å². The summed E-state index contributed by atoms with van der Waals surface area (Å²) in [6.07, 6.45) is 0.511. The monoisotopic (exact) mass is 439 g/mol. The zero-order valence-corrected chi connectivity index (χ0v) is 19.0. The van der Waals surface area contributed by atoms with E-state index in [4.69, 9.17) is 4.74 Å². The SMILES string of the molecule is COCCN(CC(=O)N1N=C(c2ccc(F)cc2)C[C@H]1c1ccc(C)cc1)C(=O)C(C)C. The normalized spacial score (nSPS) is 15.8. The van der Waals surface area contributed by atoms with Crippen molar-refractivity contribution in [2.75, 3.05) is 26.8 Å². The maximum atomic E-state index is 13.4. The lowest BCUT2D eigenvalue weighted by Crippen LogP contribution is -2.44. The molecule has 2 amide bonds. The summed E-state index contributed by atoms with van der Waals surface area (Å²) < 4.78 is 18.5. The number of amides is 2. The number of aryl methyl sites for hydroxylation is 1. The molecule has 1 heterocycles. The van der Waals surface area contributed by atoms with Crippen LogP contribution in [0.4, 0.5) is 4.39 Å². The van der Waals surface area contributed by atoms with E-state index < -0.39 is 0 Å². The maximum Gasteiger partial charge on any atom is 0.262 e. The first-order valence-corrected chi connectivity index (χ1v) is 10.8. The fourth-order valence-corrected chi connectivity index (χ4v) is 3.67. The third kappa shape index (κ3) is 5.59. The van der Waals surface area contributed by atoms with E-state index in [1.165, 1.54) is 22.0 Å². The van der Waals surface area contributed by atoms with E-state index in [2.05, 4.69) is 5.10 Å². The van der Waals surface area contributed by atoms with Crippen LogP contribution < -0.4 is 0 Å². The molecule has 170 valence electrons. The molecule has 0 unspecified atom stereocenters. The lowest BCUT2D eigenvalue weighted by Gasteiger charge is -2.28. The number of hydrogen-bond acceptors (Lipinski definition) is 4. The van der Waals surface area contributed by atoms with Gasteiger partial charge in [0.25, 0.3) is 5.91 Å². The van der Waals surface area contributed by atoms with Gasteiger partial charge in [0, 0.05) is 26.0 Å². The van der Waals surface area contributed by atoms with Crippen LogP contribution in [0.15, 0.2) is 53.6 Å². The van der Waals surface area contributed by atoms with Gasteiger partial charge in [0.1, 0.15) is 12.4 Å². The minimum absolute atomic E-state index is 0.0804. The number of carbonyl (C=O) groups is 2. The second-order valence-electron chi connectivity index (χ2n) is 8.33. The molecule has 6 nitrogen and oxygen atoms in total. The molecule has 7 heteroatoms. The molecule has 0 spiro atoms. The smallest absolute Gasteiger partial charge is 0.262 e. The minimum atomic E-state index is -0.323. The predicted molar refractivity (Wildman–Crippen MR) is 122 cm³/mol. The van der Waals surface area contributed by atoms with Crippen LogP contribution in [0.1, 0.15) is 43.0 Å². The van der Waals surface area contributed by atoms with Crippen molar-refractivity contribution in [3.8, 4) is 0 Å². The quantitative estimate of drug-likeness (QED) is 0.626. The Kier molecular flexibility index (Phi) is 7.75. The summed E-state index contributed by atoms with van der Waals surface area (Å²) in [5.41, 5.74) is 3.57. The molecule has 0 radical (unpaired) electrons. The Morgan fingerprint density at radius 3 is 2.41 bits per heavy atom. The van der Waals surface area contributed by atoms with E-state index in [0.717, 1.165) is 16.7 Å². The Hall–Kier alpha value is -3.06. The summed E-state index contributed by atoms with van der Waals surface area (Å²) in [6, 6.07) is 13.8. The number of carbonyl (C=O) groups excluding carboxylic acids is 2. The van der Waals surface area contributed by atoms with Crippen LogP contribution >= 0.6 is 0 Å². The number of hydrazone groups is 1. The lowest BCUT2D eigenvalue weighted by molar-refractivity contribution is -0.143. The molecule has 1 aliphatic rings. The molecule has 3 rings (SSSR count). The first kappa shape index (κ1) is 23.6. The highest BCUT2D eigenvalue weighted by Crippen LogP contribution is 2.33. The second kappa shape index (κ2) is 10.5. The summed E-state index contributed by atoms with van der Waals surface area (Å²) in [6.45, 7) is 6.22. The van der Waals surface area contributed by atoms with Crippen LogP contribution in [-0.4, -0.2) is 54.2 Å². The topological polar surface area (TPSA) is 62.2 Å². The number of halogens is 1. The fraction of sp³-hybridized carbons (Fsp3) is 0.400. The van der Waals surface area contributed by atoms with Gasteiger partial charge in [-0.05, 0) is 30.2 Å². The first-order chi connectivity index (χ1) is 15.3. The summed E-state index contributed by atoms with van der Waals surface area (Å²) >= 11 is 0. The van der Waals surface area contributed by atoms with Crippen molar-refractivity contribution in [3.63, 3.8) is 0 Å². The van der Waals surface area contributed by atoms with E-state index in [9.17, 15) is 14.0 Å². The standard InChI is InChI=1S/C25H30FN3O3/c1-17(2)25(31)28(13-14-32-4)16-24(30)29-23(20-7-5-18(3)6-8-20)15-22(27-29)19-9-11-21(26)12-10-19/h5-12,17,23H,13-16H2,1-4H3/t23-/m0/s1. The number of methoxy groups -OCH3 is 1.